The predicted octanol–water partition coefficient (Wildman–Crippen LogP) is 4.93. The van der Waals surface area contributed by atoms with Gasteiger partial charge in [0.05, 0.1) is 21.8 Å². The standard InChI is InChI=1S/C20H15F3N2O3S/c1-12-24-17(11-29-12)13-4-3-7-16(9-13)25-18(26)10-28-19(27)14-5-2-6-15(8-14)20(21,22)23/h2-9,11H,10H2,1H3,(H,25,26). The molecule has 29 heavy (non-hydrogen) atoms. The molecule has 0 saturated carbocycles. The smallest absolute Gasteiger partial charge is 0.416 e. The molecule has 0 fully saturated rings. The van der Waals surface area contributed by atoms with Gasteiger partial charge in [0.2, 0.25) is 0 Å². The highest BCUT2D eigenvalue weighted by atomic mass is 32.1. The Bertz CT molecular complexity index is 1050. The molecule has 1 heterocycles. The highest BCUT2D eigenvalue weighted by Gasteiger charge is 2.31. The molecule has 1 N–H and O–H groups in total. The van der Waals surface area contributed by atoms with E-state index in [1.165, 1.54) is 17.4 Å². The molecule has 0 unspecified atom stereocenters. The first-order valence-corrected chi connectivity index (χ1v) is 9.27. The number of nitrogens with one attached hydrogen (secondary N) is 1. The summed E-state index contributed by atoms with van der Waals surface area (Å²) in [6.45, 7) is 1.26. The van der Waals surface area contributed by atoms with Gasteiger partial charge >= 0.3 is 12.1 Å². The Morgan fingerprint density at radius 3 is 2.59 bits per heavy atom. The van der Waals surface area contributed by atoms with Crippen molar-refractivity contribution in [2.45, 2.75) is 13.1 Å². The summed E-state index contributed by atoms with van der Waals surface area (Å²) in [6.07, 6.45) is -4.57. The molecule has 5 nitrogen and oxygen atoms in total. The molecule has 0 aliphatic rings. The second kappa shape index (κ2) is 8.44. The minimum absolute atomic E-state index is 0.284. The van der Waals surface area contributed by atoms with Gasteiger partial charge in [-0.2, -0.15) is 13.2 Å². The lowest BCUT2D eigenvalue weighted by Gasteiger charge is -2.09. The Kier molecular flexibility index (Phi) is 5.97. The quantitative estimate of drug-likeness (QED) is 0.594. The fraction of sp³-hybridized carbons (Fsp3) is 0.150. The Balaban J connectivity index is 1.60. The number of anilines is 1. The summed E-state index contributed by atoms with van der Waals surface area (Å²) in [5.41, 5.74) is 0.819. The van der Waals surface area contributed by atoms with E-state index in [0.29, 0.717) is 11.8 Å². The Morgan fingerprint density at radius 1 is 1.14 bits per heavy atom. The summed E-state index contributed by atoms with van der Waals surface area (Å²) in [4.78, 5) is 28.4. The molecule has 0 aliphatic heterocycles. The van der Waals surface area contributed by atoms with E-state index in [0.717, 1.165) is 28.4 Å². The summed E-state index contributed by atoms with van der Waals surface area (Å²) in [6, 6.07) is 10.8. The molecular weight excluding hydrogens is 405 g/mol. The number of amides is 1. The number of aryl methyl sites for hydroxylation is 1. The van der Waals surface area contributed by atoms with Gasteiger partial charge in [0.15, 0.2) is 6.61 Å². The molecule has 0 bridgehead atoms. The van der Waals surface area contributed by atoms with Crippen molar-refractivity contribution < 1.29 is 27.5 Å². The largest absolute Gasteiger partial charge is 0.452 e. The van der Waals surface area contributed by atoms with Crippen molar-refractivity contribution in [1.82, 2.24) is 4.98 Å². The molecule has 0 atom stereocenters. The molecule has 1 aromatic heterocycles. The van der Waals surface area contributed by atoms with Gasteiger partial charge in [-0.3, -0.25) is 4.79 Å². The van der Waals surface area contributed by atoms with Gasteiger partial charge in [-0.05, 0) is 37.3 Å². The Labute approximate surface area is 168 Å². The SMILES string of the molecule is Cc1nc(-c2cccc(NC(=O)COC(=O)c3cccc(C(F)(F)F)c3)c2)cs1. The van der Waals surface area contributed by atoms with Crippen LogP contribution in [0.4, 0.5) is 18.9 Å². The van der Waals surface area contributed by atoms with Crippen LogP contribution in [0.25, 0.3) is 11.3 Å². The number of halogens is 3. The van der Waals surface area contributed by atoms with Crippen LogP contribution in [0.5, 0.6) is 0 Å². The molecule has 0 aliphatic carbocycles. The third kappa shape index (κ3) is 5.41. The number of hydrogen-bond acceptors (Lipinski definition) is 5. The number of benzene rings is 2. The van der Waals surface area contributed by atoms with Crippen LogP contribution in [-0.2, 0) is 15.7 Å². The number of aromatic nitrogens is 1. The van der Waals surface area contributed by atoms with Crippen LogP contribution in [0.3, 0.4) is 0 Å². The van der Waals surface area contributed by atoms with E-state index in [1.807, 2.05) is 18.4 Å². The lowest BCUT2D eigenvalue weighted by atomic mass is 10.1. The van der Waals surface area contributed by atoms with E-state index in [1.54, 1.807) is 18.2 Å². The van der Waals surface area contributed by atoms with Crippen molar-refractivity contribution in [3.8, 4) is 11.3 Å². The number of esters is 1. The Hall–Kier alpha value is -3.20. The average molecular weight is 420 g/mol. The lowest BCUT2D eigenvalue weighted by molar-refractivity contribution is -0.137. The van der Waals surface area contributed by atoms with Gasteiger partial charge < -0.3 is 10.1 Å². The number of nitrogens with zero attached hydrogens (tertiary/aromatic N) is 1. The topological polar surface area (TPSA) is 68.3 Å². The zero-order chi connectivity index (χ0) is 21.0. The summed E-state index contributed by atoms with van der Waals surface area (Å²) in [5, 5.41) is 5.39. The molecule has 2 aromatic carbocycles. The number of rotatable bonds is 5. The van der Waals surface area contributed by atoms with E-state index in [2.05, 4.69) is 10.3 Å². The fourth-order valence-corrected chi connectivity index (χ4v) is 3.11. The number of thiazole rings is 1. The Morgan fingerprint density at radius 2 is 1.90 bits per heavy atom. The van der Waals surface area contributed by atoms with Crippen molar-refractivity contribution in [2.75, 3.05) is 11.9 Å². The molecule has 0 saturated heterocycles. The molecule has 0 spiro atoms. The first kappa shape index (κ1) is 20.5. The van der Waals surface area contributed by atoms with Gasteiger partial charge in [0.25, 0.3) is 5.91 Å². The van der Waals surface area contributed by atoms with Crippen molar-refractivity contribution in [1.29, 1.82) is 0 Å². The highest BCUT2D eigenvalue weighted by Crippen LogP contribution is 2.29. The van der Waals surface area contributed by atoms with Crippen LogP contribution in [0.15, 0.2) is 53.9 Å². The van der Waals surface area contributed by atoms with Crippen LogP contribution >= 0.6 is 11.3 Å². The van der Waals surface area contributed by atoms with Gasteiger partial charge in [-0.15, -0.1) is 11.3 Å². The number of ether oxygens (including phenoxy) is 1. The number of carbonyl (C=O) groups is 2. The zero-order valence-electron chi connectivity index (χ0n) is 15.1. The monoisotopic (exact) mass is 420 g/mol. The normalized spacial score (nSPS) is 11.2. The molecule has 1 amide bonds. The molecule has 9 heteroatoms. The first-order valence-electron chi connectivity index (χ1n) is 8.39. The van der Waals surface area contributed by atoms with Gasteiger partial charge in [-0.1, -0.05) is 18.2 Å². The minimum Gasteiger partial charge on any atom is -0.452 e. The van der Waals surface area contributed by atoms with Crippen molar-refractivity contribution in [3.05, 3.63) is 70.0 Å². The minimum atomic E-state index is -4.57. The van der Waals surface area contributed by atoms with E-state index >= 15 is 0 Å². The maximum atomic E-state index is 12.7. The second-order valence-corrected chi connectivity index (χ2v) is 7.10. The number of hydrogen-bond donors (Lipinski definition) is 1. The molecule has 150 valence electrons. The maximum Gasteiger partial charge on any atom is 0.416 e. The first-order chi connectivity index (χ1) is 13.7. The van der Waals surface area contributed by atoms with Crippen LogP contribution in [0.2, 0.25) is 0 Å². The van der Waals surface area contributed by atoms with E-state index in [9.17, 15) is 22.8 Å². The maximum absolute atomic E-state index is 12.7. The van der Waals surface area contributed by atoms with Crippen LogP contribution in [-0.4, -0.2) is 23.5 Å². The average Bonchev–Trinajstić information content (AvgIpc) is 3.12. The zero-order valence-corrected chi connectivity index (χ0v) is 15.9. The summed E-state index contributed by atoms with van der Waals surface area (Å²) < 4.78 is 43.0. The molecular formula is C20H15F3N2O3S. The fourth-order valence-electron chi connectivity index (χ4n) is 2.49. The van der Waals surface area contributed by atoms with Crippen LogP contribution in [0.1, 0.15) is 20.9 Å². The molecule has 3 rings (SSSR count). The van der Waals surface area contributed by atoms with E-state index < -0.39 is 30.2 Å². The summed E-state index contributed by atoms with van der Waals surface area (Å²) in [5.74, 6) is -1.63. The van der Waals surface area contributed by atoms with Crippen molar-refractivity contribution in [2.24, 2.45) is 0 Å². The van der Waals surface area contributed by atoms with E-state index in [-0.39, 0.29) is 5.56 Å². The molecule has 3 aromatic rings. The van der Waals surface area contributed by atoms with Crippen LogP contribution in [0, 0.1) is 6.92 Å². The summed E-state index contributed by atoms with van der Waals surface area (Å²) in [7, 11) is 0. The third-order valence-electron chi connectivity index (χ3n) is 3.82. The van der Waals surface area contributed by atoms with Gasteiger partial charge in [0.1, 0.15) is 0 Å². The predicted molar refractivity (Wildman–Crippen MR) is 103 cm³/mol. The second-order valence-electron chi connectivity index (χ2n) is 6.04. The number of carbonyl (C=O) groups excluding carboxylic acids is 2. The van der Waals surface area contributed by atoms with E-state index in [4.69, 9.17) is 4.74 Å². The van der Waals surface area contributed by atoms with Crippen LogP contribution < -0.4 is 5.32 Å². The van der Waals surface area contributed by atoms with Crippen molar-refractivity contribution in [3.63, 3.8) is 0 Å². The number of alkyl halides is 3. The lowest BCUT2D eigenvalue weighted by Crippen LogP contribution is -2.21. The van der Waals surface area contributed by atoms with Gasteiger partial charge in [-0.25, -0.2) is 9.78 Å². The molecule has 0 radical (unpaired) electrons. The highest BCUT2D eigenvalue weighted by molar-refractivity contribution is 7.09. The third-order valence-corrected chi connectivity index (χ3v) is 4.59. The van der Waals surface area contributed by atoms with Gasteiger partial charge in [0, 0.05) is 16.6 Å². The van der Waals surface area contributed by atoms with Crippen molar-refractivity contribution >= 4 is 28.9 Å². The summed E-state index contributed by atoms with van der Waals surface area (Å²) >= 11 is 1.50.